The summed E-state index contributed by atoms with van der Waals surface area (Å²) in [5, 5.41) is 13.1. The highest BCUT2D eigenvalue weighted by molar-refractivity contribution is 9.10. The Morgan fingerprint density at radius 1 is 1.48 bits per heavy atom. The third-order valence-corrected chi connectivity index (χ3v) is 4.32. The lowest BCUT2D eigenvalue weighted by Gasteiger charge is -2.11. The Hall–Kier alpha value is -2.19. The van der Waals surface area contributed by atoms with Gasteiger partial charge in [0, 0.05) is 11.0 Å². The summed E-state index contributed by atoms with van der Waals surface area (Å²) in [6, 6.07) is 5.56. The van der Waals surface area contributed by atoms with Gasteiger partial charge in [0.25, 0.3) is 0 Å². The van der Waals surface area contributed by atoms with Crippen LogP contribution in [0.4, 0.5) is 5.82 Å². The molecule has 1 aromatic heterocycles. The Morgan fingerprint density at radius 3 is 3.12 bits per heavy atom. The first-order chi connectivity index (χ1) is 12.1. The van der Waals surface area contributed by atoms with Crippen molar-refractivity contribution in [3.63, 3.8) is 0 Å². The minimum absolute atomic E-state index is 0.297. The minimum atomic E-state index is -0.705. The molecule has 3 rings (SSSR count). The number of fused-ring (bicyclic) bond motifs is 1. The fourth-order valence-electron chi connectivity index (χ4n) is 2.69. The van der Waals surface area contributed by atoms with Crippen molar-refractivity contribution in [2.45, 2.75) is 26.0 Å². The number of ether oxygens (including phenoxy) is 1. The van der Waals surface area contributed by atoms with Crippen molar-refractivity contribution in [2.24, 2.45) is 4.99 Å². The molecule has 1 aliphatic rings. The number of rotatable bonds is 5. The second-order valence-electron chi connectivity index (χ2n) is 5.64. The Morgan fingerprint density at radius 2 is 2.32 bits per heavy atom. The largest absolute Gasteiger partial charge is 0.462 e. The Labute approximate surface area is 153 Å². The molecule has 0 spiro atoms. The predicted molar refractivity (Wildman–Crippen MR) is 98.0 cm³/mol. The van der Waals surface area contributed by atoms with E-state index in [4.69, 9.17) is 4.74 Å². The number of hydrogen-bond donors (Lipinski definition) is 2. The van der Waals surface area contributed by atoms with Gasteiger partial charge in [0.1, 0.15) is 17.6 Å². The normalized spacial score (nSPS) is 16.0. The smallest absolute Gasteiger partial charge is 0.338 e. The molecule has 25 heavy (non-hydrogen) atoms. The number of aliphatic imine (C=N–C) groups is 1. The number of hydrogen-bond acceptors (Lipinski definition) is 6. The molecular formula is C17H19BrN4O3. The number of esters is 1. The molecule has 0 bridgehead atoms. The average Bonchev–Trinajstić information content (AvgIpc) is 2.90. The molecule has 7 nitrogen and oxygen atoms in total. The predicted octanol–water partition coefficient (Wildman–Crippen LogP) is 2.55. The fraction of sp³-hybridized carbons (Fsp3) is 0.353. The van der Waals surface area contributed by atoms with Gasteiger partial charge in [0.05, 0.1) is 31.4 Å². The van der Waals surface area contributed by atoms with E-state index in [2.05, 4.69) is 31.2 Å². The Kier molecular flexibility index (Phi) is 5.50. The Bertz CT molecular complexity index is 803. The molecule has 0 amide bonds. The van der Waals surface area contributed by atoms with Crippen molar-refractivity contribution in [2.75, 3.05) is 18.5 Å². The number of nitrogens with one attached hydrogen (secondary N) is 1. The molecule has 1 unspecified atom stereocenters. The molecule has 0 fully saturated rings. The maximum Gasteiger partial charge on any atom is 0.338 e. The molecule has 0 aliphatic carbocycles. The van der Waals surface area contributed by atoms with Gasteiger partial charge in [-0.3, -0.25) is 4.99 Å². The van der Waals surface area contributed by atoms with Gasteiger partial charge >= 0.3 is 5.97 Å². The van der Waals surface area contributed by atoms with E-state index in [0.29, 0.717) is 37.4 Å². The van der Waals surface area contributed by atoms with Crippen LogP contribution < -0.4 is 5.32 Å². The molecular weight excluding hydrogens is 388 g/mol. The zero-order chi connectivity index (χ0) is 17.8. The van der Waals surface area contributed by atoms with Crippen molar-refractivity contribution in [1.82, 2.24) is 9.55 Å². The number of benzene rings is 1. The fourth-order valence-corrected chi connectivity index (χ4v) is 3.23. The summed E-state index contributed by atoms with van der Waals surface area (Å²) in [5.74, 6) is 0.414. The number of imidazole rings is 1. The summed E-state index contributed by atoms with van der Waals surface area (Å²) in [6.45, 7) is 3.07. The molecule has 8 heteroatoms. The minimum Gasteiger partial charge on any atom is -0.462 e. The van der Waals surface area contributed by atoms with E-state index < -0.39 is 6.10 Å². The summed E-state index contributed by atoms with van der Waals surface area (Å²) in [7, 11) is 0. The summed E-state index contributed by atoms with van der Waals surface area (Å²) in [5.41, 5.74) is 2.12. The number of anilines is 1. The monoisotopic (exact) mass is 406 g/mol. The van der Waals surface area contributed by atoms with E-state index in [1.54, 1.807) is 25.7 Å². The van der Waals surface area contributed by atoms with Gasteiger partial charge in [-0.1, -0.05) is 15.9 Å². The van der Waals surface area contributed by atoms with Crippen LogP contribution in [0.3, 0.4) is 0 Å². The molecule has 132 valence electrons. The number of aliphatic hydroxyl groups is 1. The van der Waals surface area contributed by atoms with Gasteiger partial charge in [-0.05, 0) is 37.1 Å². The van der Waals surface area contributed by atoms with Crippen LogP contribution in [-0.2, 0) is 17.7 Å². The highest BCUT2D eigenvalue weighted by atomic mass is 79.9. The number of halogens is 1. The number of aliphatic hydroxyl groups excluding tert-OH is 1. The summed E-state index contributed by atoms with van der Waals surface area (Å²) >= 11 is 3.44. The highest BCUT2D eigenvalue weighted by Gasteiger charge is 2.19. The average molecular weight is 407 g/mol. The van der Waals surface area contributed by atoms with E-state index in [1.165, 1.54) is 0 Å². The molecule has 1 aliphatic heterocycles. The molecule has 2 N–H and O–H groups in total. The molecule has 2 heterocycles. The van der Waals surface area contributed by atoms with Gasteiger partial charge in [-0.25, -0.2) is 9.78 Å². The van der Waals surface area contributed by atoms with Crippen LogP contribution in [0.1, 0.15) is 34.6 Å². The van der Waals surface area contributed by atoms with E-state index in [0.717, 1.165) is 15.9 Å². The second kappa shape index (κ2) is 7.79. The molecule has 0 radical (unpaired) electrons. The van der Waals surface area contributed by atoms with Crippen molar-refractivity contribution in [3.8, 4) is 0 Å². The maximum absolute atomic E-state index is 11.9. The first kappa shape index (κ1) is 17.6. The lowest BCUT2D eigenvalue weighted by molar-refractivity contribution is 0.0526. The van der Waals surface area contributed by atoms with Crippen molar-refractivity contribution in [3.05, 3.63) is 45.8 Å². The van der Waals surface area contributed by atoms with Gasteiger partial charge in [-0.15, -0.1) is 0 Å². The van der Waals surface area contributed by atoms with E-state index in [1.807, 2.05) is 16.7 Å². The maximum atomic E-state index is 11.9. The van der Waals surface area contributed by atoms with E-state index in [-0.39, 0.29) is 5.97 Å². The van der Waals surface area contributed by atoms with Gasteiger partial charge < -0.3 is 19.7 Å². The van der Waals surface area contributed by atoms with E-state index in [9.17, 15) is 9.90 Å². The number of aryl methyl sites for hydroxylation is 2. The zero-order valence-corrected chi connectivity index (χ0v) is 15.4. The van der Waals surface area contributed by atoms with E-state index >= 15 is 0 Å². The van der Waals surface area contributed by atoms with Crippen LogP contribution in [-0.4, -0.2) is 40.1 Å². The summed E-state index contributed by atoms with van der Waals surface area (Å²) < 4.78 is 7.82. The standard InChI is InChI=1S/C17H19BrN4O3/c1-2-25-17(24)12-5-11(6-13(18)7-12)3-4-22-10-21-15-14(23)8-19-9-20-16(15)22/h5-7,9-10,14,23H,2-4,8H2,1H3,(H,19,20). The highest BCUT2D eigenvalue weighted by Crippen LogP contribution is 2.24. The topological polar surface area (TPSA) is 88.7 Å². The van der Waals surface area contributed by atoms with Gasteiger partial charge in [0.2, 0.25) is 0 Å². The third kappa shape index (κ3) is 4.08. The lowest BCUT2D eigenvalue weighted by atomic mass is 10.1. The molecule has 0 saturated heterocycles. The first-order valence-electron chi connectivity index (χ1n) is 8.03. The SMILES string of the molecule is CCOC(=O)c1cc(Br)cc(CCn2cnc3c2NC=NCC3O)c1. The van der Waals surface area contributed by atoms with Crippen LogP contribution in [0.5, 0.6) is 0 Å². The lowest BCUT2D eigenvalue weighted by Crippen LogP contribution is -2.09. The number of nitrogens with zero attached hydrogens (tertiary/aromatic N) is 3. The molecule has 1 atom stereocenters. The second-order valence-corrected chi connectivity index (χ2v) is 6.56. The summed E-state index contributed by atoms with van der Waals surface area (Å²) in [4.78, 5) is 20.3. The van der Waals surface area contributed by atoms with Crippen molar-refractivity contribution in [1.29, 1.82) is 0 Å². The van der Waals surface area contributed by atoms with Crippen LogP contribution in [0, 0.1) is 0 Å². The third-order valence-electron chi connectivity index (χ3n) is 3.86. The number of aromatic nitrogens is 2. The Balaban J connectivity index is 1.76. The molecule has 1 aromatic carbocycles. The number of carbonyl (C=O) groups excluding carboxylic acids is 1. The first-order valence-corrected chi connectivity index (χ1v) is 8.82. The quantitative estimate of drug-likeness (QED) is 0.744. The van der Waals surface area contributed by atoms with Crippen LogP contribution >= 0.6 is 15.9 Å². The molecule has 2 aromatic rings. The van der Waals surface area contributed by atoms with Crippen LogP contribution in [0.2, 0.25) is 0 Å². The van der Waals surface area contributed by atoms with Crippen LogP contribution in [0.25, 0.3) is 0 Å². The number of carbonyl (C=O) groups is 1. The zero-order valence-electron chi connectivity index (χ0n) is 13.8. The van der Waals surface area contributed by atoms with Crippen molar-refractivity contribution < 1.29 is 14.6 Å². The van der Waals surface area contributed by atoms with Crippen molar-refractivity contribution >= 4 is 34.1 Å². The molecule has 0 saturated carbocycles. The van der Waals surface area contributed by atoms with Gasteiger partial charge in [0.15, 0.2) is 0 Å². The van der Waals surface area contributed by atoms with Gasteiger partial charge in [-0.2, -0.15) is 0 Å². The van der Waals surface area contributed by atoms with Crippen LogP contribution in [0.15, 0.2) is 34.0 Å². The summed E-state index contributed by atoms with van der Waals surface area (Å²) in [6.07, 6.45) is 3.27.